The number of nitrogen functional groups attached to an aromatic ring is 1. The SMILES string of the molecule is CCN(CC)CCOC(=O)C1=C(COC(C)=O)CS[C@@H]2[C@H](NC(=O)/C(=N\OC)c3csc(N)n3)C(=O)N12.Cl. The lowest BCUT2D eigenvalue weighted by Crippen LogP contribution is -2.71. The fraction of sp³-hybridized carbons (Fsp3) is 0.545. The smallest absolute Gasteiger partial charge is 0.355 e. The van der Waals surface area contributed by atoms with E-state index in [2.05, 4.69) is 20.4 Å². The molecule has 1 fully saturated rings. The molecule has 38 heavy (non-hydrogen) atoms. The van der Waals surface area contributed by atoms with Crippen molar-refractivity contribution in [2.45, 2.75) is 32.2 Å². The lowest BCUT2D eigenvalue weighted by atomic mass is 10.0. The Morgan fingerprint density at radius 1 is 1.29 bits per heavy atom. The van der Waals surface area contributed by atoms with E-state index in [1.54, 1.807) is 5.38 Å². The fourth-order valence-electron chi connectivity index (χ4n) is 3.75. The number of esters is 2. The number of carbonyl (C=O) groups excluding carboxylic acids is 4. The van der Waals surface area contributed by atoms with Gasteiger partial charge < -0.3 is 30.3 Å². The second-order valence-electron chi connectivity index (χ2n) is 7.95. The highest BCUT2D eigenvalue weighted by Gasteiger charge is 2.54. The summed E-state index contributed by atoms with van der Waals surface area (Å²) in [5.74, 6) is -2.07. The number of likely N-dealkylation sites (N-methyl/N-ethyl adjacent to an activating group) is 1. The first kappa shape index (κ1) is 31.3. The molecular formula is C22H31ClN6O7S2. The maximum absolute atomic E-state index is 13.2. The van der Waals surface area contributed by atoms with E-state index < -0.39 is 35.2 Å². The van der Waals surface area contributed by atoms with E-state index in [-0.39, 0.29) is 47.9 Å². The molecule has 1 saturated heterocycles. The molecule has 2 aliphatic heterocycles. The van der Waals surface area contributed by atoms with Gasteiger partial charge in [-0.2, -0.15) is 0 Å². The number of hydrogen-bond acceptors (Lipinski definition) is 13. The zero-order valence-corrected chi connectivity index (χ0v) is 23.9. The maximum atomic E-state index is 13.2. The molecule has 3 rings (SSSR count). The highest BCUT2D eigenvalue weighted by Crippen LogP contribution is 2.40. The van der Waals surface area contributed by atoms with Crippen LogP contribution in [0, 0.1) is 0 Å². The molecule has 0 aromatic carbocycles. The van der Waals surface area contributed by atoms with Crippen LogP contribution in [0.4, 0.5) is 5.13 Å². The number of hydrogen-bond donors (Lipinski definition) is 2. The topological polar surface area (TPSA) is 166 Å². The second-order valence-corrected chi connectivity index (χ2v) is 9.94. The minimum absolute atomic E-state index is 0. The van der Waals surface area contributed by atoms with E-state index in [0.29, 0.717) is 17.9 Å². The minimum atomic E-state index is -0.927. The van der Waals surface area contributed by atoms with E-state index in [9.17, 15) is 19.2 Å². The average molecular weight is 591 g/mol. The van der Waals surface area contributed by atoms with E-state index in [1.165, 1.54) is 30.7 Å². The number of halogens is 1. The Labute approximate surface area is 234 Å². The van der Waals surface area contributed by atoms with E-state index in [1.807, 2.05) is 13.8 Å². The van der Waals surface area contributed by atoms with E-state index in [4.69, 9.17) is 20.0 Å². The highest BCUT2D eigenvalue weighted by molar-refractivity contribution is 8.00. The molecule has 16 heteroatoms. The molecule has 0 radical (unpaired) electrons. The van der Waals surface area contributed by atoms with Gasteiger partial charge in [-0.3, -0.25) is 19.3 Å². The summed E-state index contributed by atoms with van der Waals surface area (Å²) < 4.78 is 10.6. The summed E-state index contributed by atoms with van der Waals surface area (Å²) in [5.41, 5.74) is 6.24. The molecule has 0 saturated carbocycles. The largest absolute Gasteiger partial charge is 0.461 e. The van der Waals surface area contributed by atoms with Gasteiger partial charge in [-0.1, -0.05) is 19.0 Å². The summed E-state index contributed by atoms with van der Waals surface area (Å²) in [7, 11) is 1.28. The van der Waals surface area contributed by atoms with Gasteiger partial charge in [0.2, 0.25) is 0 Å². The molecule has 0 aliphatic carbocycles. The molecule has 1 aromatic heterocycles. The molecule has 210 valence electrons. The molecule has 2 atom stereocenters. The number of carbonyl (C=O) groups is 4. The molecular weight excluding hydrogens is 560 g/mol. The Hall–Kier alpha value is -2.88. The summed E-state index contributed by atoms with van der Waals surface area (Å²) in [5, 5.41) is 7.61. The summed E-state index contributed by atoms with van der Waals surface area (Å²) in [6, 6.07) is -0.927. The number of nitrogens with zero attached hydrogens (tertiary/aromatic N) is 4. The highest BCUT2D eigenvalue weighted by atomic mass is 35.5. The van der Waals surface area contributed by atoms with Gasteiger partial charge in [0.05, 0.1) is 0 Å². The van der Waals surface area contributed by atoms with Crippen molar-refractivity contribution in [3.05, 3.63) is 22.3 Å². The normalized spacial score (nSPS) is 18.8. The number of amides is 2. The number of oxime groups is 1. The van der Waals surface area contributed by atoms with Gasteiger partial charge >= 0.3 is 11.9 Å². The van der Waals surface area contributed by atoms with Crippen LogP contribution in [0.1, 0.15) is 26.5 Å². The number of aromatic nitrogens is 1. The standard InChI is InChI=1S/C22H30N6O7S2.ClH/c1-5-27(6-2)7-8-34-21(32)17-13(9-35-12(3)29)10-36-20-16(19(31)28(17)20)25-18(30)15(26-33-4)14-11-37-22(23)24-14;/h11,16,20H,5-10H2,1-4H3,(H2,23,24)(H,25,30);1H/b26-15-;/t16-,20-;/m1./s1. The van der Waals surface area contributed by atoms with Crippen LogP contribution in [-0.2, 0) is 33.5 Å². The van der Waals surface area contributed by atoms with Crippen molar-refractivity contribution in [1.29, 1.82) is 0 Å². The van der Waals surface area contributed by atoms with Crippen LogP contribution in [0.25, 0.3) is 0 Å². The fourth-order valence-corrected chi connectivity index (χ4v) is 5.62. The molecule has 0 bridgehead atoms. The third kappa shape index (κ3) is 7.15. The quantitative estimate of drug-likeness (QED) is 0.151. The second kappa shape index (κ2) is 14.3. The Kier molecular flexibility index (Phi) is 11.8. The Morgan fingerprint density at radius 2 is 2.00 bits per heavy atom. The number of rotatable bonds is 12. The third-order valence-corrected chi connectivity index (χ3v) is 7.69. The molecule has 3 N–H and O–H groups in total. The van der Waals surface area contributed by atoms with Gasteiger partial charge in [0.25, 0.3) is 11.8 Å². The van der Waals surface area contributed by atoms with Crippen LogP contribution in [0.15, 0.2) is 21.8 Å². The molecule has 3 heterocycles. The third-order valence-electron chi connectivity index (χ3n) is 5.67. The van der Waals surface area contributed by atoms with Crippen LogP contribution in [-0.4, -0.2) is 101 Å². The van der Waals surface area contributed by atoms with Crippen molar-refractivity contribution in [1.82, 2.24) is 20.1 Å². The molecule has 0 spiro atoms. The first-order valence-electron chi connectivity index (χ1n) is 11.5. The van der Waals surface area contributed by atoms with Crippen molar-refractivity contribution < 1.29 is 33.5 Å². The van der Waals surface area contributed by atoms with Crippen molar-refractivity contribution >= 4 is 70.1 Å². The van der Waals surface area contributed by atoms with Gasteiger partial charge in [0.1, 0.15) is 43.1 Å². The average Bonchev–Trinajstić information content (AvgIpc) is 3.31. The number of fused-ring (bicyclic) bond motifs is 1. The monoisotopic (exact) mass is 590 g/mol. The number of nitrogens with one attached hydrogen (secondary N) is 1. The summed E-state index contributed by atoms with van der Waals surface area (Å²) in [4.78, 5) is 62.7. The van der Waals surface area contributed by atoms with Crippen molar-refractivity contribution in [3.63, 3.8) is 0 Å². The zero-order valence-electron chi connectivity index (χ0n) is 21.4. The summed E-state index contributed by atoms with van der Waals surface area (Å²) in [6.07, 6.45) is 0. The van der Waals surface area contributed by atoms with Crippen LogP contribution in [0.5, 0.6) is 0 Å². The Balaban J connectivity index is 0.00000507. The molecule has 2 aliphatic rings. The number of ether oxygens (including phenoxy) is 2. The number of β-lactam (4-membered cyclic amide) rings is 1. The minimum Gasteiger partial charge on any atom is -0.461 e. The van der Waals surface area contributed by atoms with Crippen LogP contribution in [0.2, 0.25) is 0 Å². The van der Waals surface area contributed by atoms with Crippen molar-refractivity contribution in [2.75, 3.05) is 51.4 Å². The number of thioether (sulfide) groups is 1. The lowest BCUT2D eigenvalue weighted by molar-refractivity contribution is -0.153. The molecule has 1 aromatic rings. The predicted octanol–water partition coefficient (Wildman–Crippen LogP) is 0.600. The van der Waals surface area contributed by atoms with Gasteiger partial charge in [0, 0.05) is 30.2 Å². The van der Waals surface area contributed by atoms with Gasteiger partial charge in [-0.05, 0) is 13.1 Å². The molecule has 2 amide bonds. The number of thiazole rings is 1. The Bertz CT molecular complexity index is 1110. The first-order valence-corrected chi connectivity index (χ1v) is 13.5. The summed E-state index contributed by atoms with van der Waals surface area (Å²) in [6.45, 7) is 7.42. The predicted molar refractivity (Wildman–Crippen MR) is 145 cm³/mol. The zero-order chi connectivity index (χ0) is 27.1. The van der Waals surface area contributed by atoms with Gasteiger partial charge in [0.15, 0.2) is 10.8 Å². The van der Waals surface area contributed by atoms with Crippen LogP contribution >= 0.6 is 35.5 Å². The van der Waals surface area contributed by atoms with E-state index in [0.717, 1.165) is 24.4 Å². The molecule has 0 unspecified atom stereocenters. The molecule has 13 nitrogen and oxygen atoms in total. The van der Waals surface area contributed by atoms with Gasteiger partial charge in [-0.25, -0.2) is 9.78 Å². The van der Waals surface area contributed by atoms with Crippen molar-refractivity contribution in [3.8, 4) is 0 Å². The van der Waals surface area contributed by atoms with Crippen LogP contribution < -0.4 is 11.1 Å². The van der Waals surface area contributed by atoms with E-state index >= 15 is 0 Å². The maximum Gasteiger partial charge on any atom is 0.355 e. The van der Waals surface area contributed by atoms with Crippen molar-refractivity contribution in [2.24, 2.45) is 5.16 Å². The lowest BCUT2D eigenvalue weighted by Gasteiger charge is -2.49. The Morgan fingerprint density at radius 3 is 2.58 bits per heavy atom. The number of nitrogens with two attached hydrogens (primary N) is 1. The first-order chi connectivity index (χ1) is 17.7. The van der Waals surface area contributed by atoms with Gasteiger partial charge in [-0.15, -0.1) is 35.5 Å². The summed E-state index contributed by atoms with van der Waals surface area (Å²) >= 11 is 2.46. The van der Waals surface area contributed by atoms with Crippen LogP contribution in [0.3, 0.4) is 0 Å². The number of anilines is 1.